The number of sulfonamides is 1. The highest BCUT2D eigenvalue weighted by atomic mass is 32.2. The molecule has 1 aliphatic rings. The first kappa shape index (κ1) is 12.5. The Hall–Kier alpha value is -0.600. The molecule has 1 fully saturated rings. The van der Waals surface area contributed by atoms with Gasteiger partial charge in [0.25, 0.3) is 0 Å². The minimum absolute atomic E-state index is 0.109. The molecule has 0 aromatic rings. The third-order valence-electron chi connectivity index (χ3n) is 2.33. The predicted molar refractivity (Wildman–Crippen MR) is 58.6 cm³/mol. The molecule has 0 amide bonds. The van der Waals surface area contributed by atoms with Crippen LogP contribution in [0, 0.1) is 16.7 Å². The van der Waals surface area contributed by atoms with Crippen LogP contribution in [-0.2, 0) is 10.0 Å². The molecule has 0 N–H and O–H groups in total. The smallest absolute Gasteiger partial charge is 0.212 e. The fourth-order valence-electron chi connectivity index (χ4n) is 1.83. The van der Waals surface area contributed by atoms with E-state index in [4.69, 9.17) is 5.26 Å². The number of hydrogen-bond donors (Lipinski definition) is 0. The number of nitrogens with zero attached hydrogens (tertiary/aromatic N) is 2. The Kier molecular flexibility index (Phi) is 3.41. The van der Waals surface area contributed by atoms with Gasteiger partial charge in [-0.05, 0) is 18.3 Å². The highest BCUT2D eigenvalue weighted by Crippen LogP contribution is 2.25. The Morgan fingerprint density at radius 3 is 2.53 bits per heavy atom. The van der Waals surface area contributed by atoms with Gasteiger partial charge in [-0.25, -0.2) is 8.42 Å². The molecule has 0 aliphatic carbocycles. The molecule has 0 aromatic heterocycles. The van der Waals surface area contributed by atoms with Gasteiger partial charge in [0.15, 0.2) is 0 Å². The molecule has 1 saturated heterocycles. The summed E-state index contributed by atoms with van der Waals surface area (Å²) in [6, 6.07) is 1.61. The Morgan fingerprint density at radius 2 is 2.07 bits per heavy atom. The van der Waals surface area contributed by atoms with Crippen molar-refractivity contribution in [2.45, 2.75) is 39.7 Å². The van der Waals surface area contributed by atoms with E-state index in [9.17, 15) is 8.42 Å². The van der Waals surface area contributed by atoms with Crippen LogP contribution in [0.5, 0.6) is 0 Å². The Balaban J connectivity index is 2.83. The van der Waals surface area contributed by atoms with Crippen molar-refractivity contribution in [3.63, 3.8) is 0 Å². The lowest BCUT2D eigenvalue weighted by atomic mass is 10.0. The van der Waals surface area contributed by atoms with E-state index in [2.05, 4.69) is 6.07 Å². The van der Waals surface area contributed by atoms with E-state index in [0.29, 0.717) is 13.0 Å². The van der Waals surface area contributed by atoms with Crippen molar-refractivity contribution in [1.29, 1.82) is 5.26 Å². The molecule has 1 rings (SSSR count). The first-order valence-corrected chi connectivity index (χ1v) is 6.76. The summed E-state index contributed by atoms with van der Waals surface area (Å²) in [6.07, 6.45) is 1.46. The van der Waals surface area contributed by atoms with Crippen molar-refractivity contribution in [2.75, 3.05) is 12.3 Å². The van der Waals surface area contributed by atoms with Crippen LogP contribution in [0.2, 0.25) is 0 Å². The lowest BCUT2D eigenvalue weighted by Gasteiger charge is -2.24. The zero-order valence-corrected chi connectivity index (χ0v) is 10.3. The highest BCUT2D eigenvalue weighted by Gasteiger charge is 2.36. The van der Waals surface area contributed by atoms with Crippen molar-refractivity contribution in [3.8, 4) is 6.07 Å². The molecule has 0 aromatic carbocycles. The summed E-state index contributed by atoms with van der Waals surface area (Å²) in [6.45, 7) is 6.17. The van der Waals surface area contributed by atoms with Crippen LogP contribution >= 0.6 is 0 Å². The minimum Gasteiger partial charge on any atom is -0.212 e. The van der Waals surface area contributed by atoms with Crippen molar-refractivity contribution in [1.82, 2.24) is 4.31 Å². The molecule has 0 spiro atoms. The minimum atomic E-state index is -3.27. The summed E-state index contributed by atoms with van der Waals surface area (Å²) in [4.78, 5) is 0. The molecular weight excluding hydrogens is 212 g/mol. The summed E-state index contributed by atoms with van der Waals surface area (Å²) < 4.78 is 25.3. The maximum Gasteiger partial charge on any atom is 0.215 e. The Labute approximate surface area is 91.9 Å². The van der Waals surface area contributed by atoms with Gasteiger partial charge in [0.1, 0.15) is 6.04 Å². The summed E-state index contributed by atoms with van der Waals surface area (Å²) in [5.74, 6) is 0.109. The first-order valence-electron chi connectivity index (χ1n) is 5.15. The fraction of sp³-hybridized carbons (Fsp3) is 0.900. The van der Waals surface area contributed by atoms with E-state index < -0.39 is 16.1 Å². The third kappa shape index (κ3) is 3.18. The van der Waals surface area contributed by atoms with Gasteiger partial charge in [0.2, 0.25) is 10.0 Å². The van der Waals surface area contributed by atoms with Crippen LogP contribution < -0.4 is 0 Å². The van der Waals surface area contributed by atoms with Crippen LogP contribution in [-0.4, -0.2) is 31.1 Å². The lowest BCUT2D eigenvalue weighted by molar-refractivity contribution is 0.404. The molecule has 1 unspecified atom stereocenters. The first-order chi connectivity index (χ1) is 6.76. The van der Waals surface area contributed by atoms with Gasteiger partial charge in [-0.3, -0.25) is 0 Å². The van der Waals surface area contributed by atoms with Crippen molar-refractivity contribution in [3.05, 3.63) is 0 Å². The predicted octanol–water partition coefficient (Wildman–Crippen LogP) is 1.35. The van der Waals surface area contributed by atoms with Crippen LogP contribution in [0.25, 0.3) is 0 Å². The number of nitriles is 1. The van der Waals surface area contributed by atoms with E-state index in [0.717, 1.165) is 6.42 Å². The molecule has 1 atom stereocenters. The molecule has 0 saturated carbocycles. The molecule has 0 bridgehead atoms. The maximum atomic E-state index is 12.0. The molecule has 1 aliphatic heterocycles. The third-order valence-corrected chi connectivity index (χ3v) is 4.71. The van der Waals surface area contributed by atoms with E-state index in [-0.39, 0.29) is 11.2 Å². The average molecular weight is 230 g/mol. The van der Waals surface area contributed by atoms with Gasteiger partial charge < -0.3 is 0 Å². The van der Waals surface area contributed by atoms with Crippen LogP contribution in [0.15, 0.2) is 0 Å². The quantitative estimate of drug-likeness (QED) is 0.719. The zero-order chi connectivity index (χ0) is 11.7. The van der Waals surface area contributed by atoms with Crippen LogP contribution in [0.1, 0.15) is 33.6 Å². The van der Waals surface area contributed by atoms with E-state index in [1.807, 2.05) is 20.8 Å². The van der Waals surface area contributed by atoms with Gasteiger partial charge in [0.05, 0.1) is 11.8 Å². The largest absolute Gasteiger partial charge is 0.215 e. The van der Waals surface area contributed by atoms with Gasteiger partial charge in [-0.1, -0.05) is 20.8 Å². The topological polar surface area (TPSA) is 61.2 Å². The lowest BCUT2D eigenvalue weighted by Crippen LogP contribution is -2.39. The van der Waals surface area contributed by atoms with E-state index in [1.165, 1.54) is 4.31 Å². The molecule has 86 valence electrons. The molecule has 1 heterocycles. The summed E-state index contributed by atoms with van der Waals surface area (Å²) in [7, 11) is -3.27. The molecule has 5 heteroatoms. The van der Waals surface area contributed by atoms with Crippen molar-refractivity contribution >= 4 is 10.0 Å². The highest BCUT2D eigenvalue weighted by molar-refractivity contribution is 7.89. The van der Waals surface area contributed by atoms with Crippen LogP contribution in [0.4, 0.5) is 0 Å². The van der Waals surface area contributed by atoms with Gasteiger partial charge in [0, 0.05) is 6.54 Å². The Morgan fingerprint density at radius 1 is 1.47 bits per heavy atom. The zero-order valence-electron chi connectivity index (χ0n) is 9.52. The van der Waals surface area contributed by atoms with Crippen molar-refractivity contribution in [2.24, 2.45) is 5.41 Å². The van der Waals surface area contributed by atoms with E-state index >= 15 is 0 Å². The number of hydrogen-bond acceptors (Lipinski definition) is 3. The molecule has 0 radical (unpaired) electrons. The summed E-state index contributed by atoms with van der Waals surface area (Å²) in [5, 5.41) is 8.84. The average Bonchev–Trinajstić information content (AvgIpc) is 2.46. The monoisotopic (exact) mass is 230 g/mol. The SMILES string of the molecule is CC(C)(C)CS(=O)(=O)N1CCCC1C#N. The van der Waals surface area contributed by atoms with Gasteiger partial charge >= 0.3 is 0 Å². The van der Waals surface area contributed by atoms with Crippen molar-refractivity contribution < 1.29 is 8.42 Å². The fourth-order valence-corrected chi connectivity index (χ4v) is 4.04. The normalized spacial score (nSPS) is 24.0. The molecule has 4 nitrogen and oxygen atoms in total. The van der Waals surface area contributed by atoms with Crippen LogP contribution in [0.3, 0.4) is 0 Å². The second-order valence-electron chi connectivity index (χ2n) is 5.21. The summed E-state index contributed by atoms with van der Waals surface area (Å²) in [5.41, 5.74) is -0.262. The van der Waals surface area contributed by atoms with E-state index in [1.54, 1.807) is 0 Å². The molecular formula is C10H18N2O2S. The summed E-state index contributed by atoms with van der Waals surface area (Å²) >= 11 is 0. The number of rotatable bonds is 2. The molecule has 15 heavy (non-hydrogen) atoms. The Bertz CT molecular complexity index is 362. The maximum absolute atomic E-state index is 12.0. The van der Waals surface area contributed by atoms with Gasteiger partial charge in [-0.2, -0.15) is 9.57 Å². The second kappa shape index (κ2) is 4.11. The second-order valence-corrected chi connectivity index (χ2v) is 7.14. The van der Waals surface area contributed by atoms with Gasteiger partial charge in [-0.15, -0.1) is 0 Å². The standard InChI is InChI=1S/C10H18N2O2S/c1-10(2,3)8-15(13,14)12-6-4-5-9(12)7-11/h9H,4-6,8H2,1-3H3.